The van der Waals surface area contributed by atoms with Crippen molar-refractivity contribution in [2.24, 2.45) is 0 Å². The van der Waals surface area contributed by atoms with Crippen LogP contribution in [0.15, 0.2) is 24.5 Å². The minimum absolute atomic E-state index is 0.00448. The van der Waals surface area contributed by atoms with Crippen molar-refractivity contribution in [2.75, 3.05) is 24.1 Å². The van der Waals surface area contributed by atoms with Gasteiger partial charge in [0.15, 0.2) is 5.65 Å². The number of piperidine rings is 1. The summed E-state index contributed by atoms with van der Waals surface area (Å²) in [7, 11) is 0. The van der Waals surface area contributed by atoms with Crippen LogP contribution in [0.4, 0.5) is 34.5 Å². The Balaban J connectivity index is 1.73. The van der Waals surface area contributed by atoms with Gasteiger partial charge in [-0.2, -0.15) is 13.2 Å². The monoisotopic (exact) mass is 577 g/mol. The van der Waals surface area contributed by atoms with Crippen LogP contribution in [0.25, 0.3) is 22.3 Å². The number of nitrogens with zero attached hydrogens (tertiary/aromatic N) is 5. The zero-order valence-electron chi connectivity index (χ0n) is 23.8. The first kappa shape index (κ1) is 29.9. The molecule has 1 saturated heterocycles. The molecule has 0 aromatic carbocycles. The van der Waals surface area contributed by atoms with Gasteiger partial charge in [-0.3, -0.25) is 0 Å². The van der Waals surface area contributed by atoms with Gasteiger partial charge in [0.1, 0.15) is 22.6 Å². The second-order valence-corrected chi connectivity index (χ2v) is 11.9. The first-order valence-electron chi connectivity index (χ1n) is 13.1. The average molecular weight is 578 g/mol. The molecule has 1 amide bonds. The van der Waals surface area contributed by atoms with Gasteiger partial charge in [0.2, 0.25) is 5.95 Å². The van der Waals surface area contributed by atoms with Crippen LogP contribution < -0.4 is 11.1 Å². The molecule has 41 heavy (non-hydrogen) atoms. The summed E-state index contributed by atoms with van der Waals surface area (Å²) in [6.07, 6.45) is -2.91. The molecule has 11 nitrogen and oxygen atoms in total. The number of carbonyl (C=O) groups is 2. The maximum Gasteiger partial charge on any atom is 0.420 e. The first-order chi connectivity index (χ1) is 18.9. The smallest absolute Gasteiger partial charge is 0.420 e. The molecule has 4 rings (SSSR count). The second kappa shape index (κ2) is 10.7. The highest BCUT2D eigenvalue weighted by Crippen LogP contribution is 2.39. The maximum atomic E-state index is 14.2. The molecule has 0 radical (unpaired) electrons. The Hall–Kier alpha value is -4.10. The summed E-state index contributed by atoms with van der Waals surface area (Å²) < 4.78 is 54.4. The lowest BCUT2D eigenvalue weighted by molar-refractivity contribution is -0.137. The number of likely N-dealkylation sites (tertiary alicyclic amines) is 1. The van der Waals surface area contributed by atoms with Gasteiger partial charge in [0.05, 0.1) is 5.69 Å². The van der Waals surface area contributed by atoms with E-state index in [2.05, 4.69) is 20.3 Å². The number of rotatable bonds is 3. The largest absolute Gasteiger partial charge is 0.444 e. The minimum Gasteiger partial charge on any atom is -0.444 e. The average Bonchev–Trinajstić information content (AvgIpc) is 3.20. The fourth-order valence-corrected chi connectivity index (χ4v) is 4.39. The Morgan fingerprint density at radius 3 is 2.32 bits per heavy atom. The molecule has 14 heteroatoms. The molecule has 3 aromatic rings. The van der Waals surface area contributed by atoms with E-state index in [1.54, 1.807) is 46.4 Å². The minimum atomic E-state index is -4.80. The van der Waals surface area contributed by atoms with Crippen LogP contribution in [0, 0.1) is 0 Å². The number of aromatic nitrogens is 4. The number of nitrogen functional groups attached to an aromatic ring is 1. The van der Waals surface area contributed by atoms with E-state index in [-0.39, 0.29) is 40.9 Å². The summed E-state index contributed by atoms with van der Waals surface area (Å²) in [6, 6.07) is 2.57. The van der Waals surface area contributed by atoms with Crippen molar-refractivity contribution in [3.63, 3.8) is 0 Å². The van der Waals surface area contributed by atoms with E-state index in [0.717, 1.165) is 4.57 Å². The Morgan fingerprint density at radius 2 is 1.68 bits per heavy atom. The summed E-state index contributed by atoms with van der Waals surface area (Å²) in [4.78, 5) is 39.4. The number of fused-ring (bicyclic) bond motifs is 1. The predicted molar refractivity (Wildman–Crippen MR) is 146 cm³/mol. The SMILES string of the molecule is CC(C)(C)OC(=O)N1CCC[C@H](Nc2ncc(C(F)(F)F)c(-c3cn(C(=O)OC(C)(C)C)c4nc(N)ccc34)n2)C1. The predicted octanol–water partition coefficient (Wildman–Crippen LogP) is 5.69. The lowest BCUT2D eigenvalue weighted by Crippen LogP contribution is -2.47. The molecule has 3 aromatic heterocycles. The zero-order chi connectivity index (χ0) is 30.3. The summed E-state index contributed by atoms with van der Waals surface area (Å²) >= 11 is 0. The number of pyridine rings is 1. The molecule has 1 aliphatic rings. The van der Waals surface area contributed by atoms with E-state index in [0.29, 0.717) is 25.6 Å². The van der Waals surface area contributed by atoms with Gasteiger partial charge in [-0.15, -0.1) is 0 Å². The number of alkyl halides is 3. The molecule has 0 unspecified atom stereocenters. The highest BCUT2D eigenvalue weighted by Gasteiger charge is 2.37. The van der Waals surface area contributed by atoms with Crippen LogP contribution in [0.1, 0.15) is 59.9 Å². The van der Waals surface area contributed by atoms with Gasteiger partial charge >= 0.3 is 18.4 Å². The Kier molecular flexibility index (Phi) is 7.80. The van der Waals surface area contributed by atoms with E-state index in [1.165, 1.54) is 18.3 Å². The molecule has 1 fully saturated rings. The molecule has 0 aliphatic carbocycles. The number of hydrogen-bond acceptors (Lipinski definition) is 9. The Morgan fingerprint density at radius 1 is 1.02 bits per heavy atom. The fraction of sp³-hybridized carbons (Fsp3) is 0.519. The van der Waals surface area contributed by atoms with Crippen LogP contribution in [0.2, 0.25) is 0 Å². The van der Waals surface area contributed by atoms with Gasteiger partial charge in [-0.1, -0.05) is 0 Å². The molecule has 1 aliphatic heterocycles. The lowest BCUT2D eigenvalue weighted by Gasteiger charge is -2.34. The van der Waals surface area contributed by atoms with Crippen LogP contribution in [0.5, 0.6) is 0 Å². The molecule has 4 heterocycles. The van der Waals surface area contributed by atoms with Crippen LogP contribution >= 0.6 is 0 Å². The highest BCUT2D eigenvalue weighted by molar-refractivity contribution is 5.99. The van der Waals surface area contributed by atoms with Crippen LogP contribution in [-0.4, -0.2) is 66.9 Å². The number of ether oxygens (including phenoxy) is 2. The van der Waals surface area contributed by atoms with E-state index < -0.39 is 40.8 Å². The lowest BCUT2D eigenvalue weighted by atomic mass is 10.1. The normalized spacial score (nSPS) is 16.5. The quantitative estimate of drug-likeness (QED) is 0.402. The van der Waals surface area contributed by atoms with Crippen molar-refractivity contribution in [2.45, 2.75) is 77.8 Å². The van der Waals surface area contributed by atoms with E-state index in [9.17, 15) is 22.8 Å². The molecular weight excluding hydrogens is 543 g/mol. The molecule has 3 N–H and O–H groups in total. The maximum absolute atomic E-state index is 14.2. The number of hydrogen-bond donors (Lipinski definition) is 2. The number of amides is 1. The third kappa shape index (κ3) is 7.16. The standard InChI is InChI=1S/C27H34F3N7O4/c1-25(2,3)40-23(38)36-11-7-8-15(13-36)33-22-32-12-18(27(28,29)30)20(35-22)17-14-37(24(39)41-26(4,5)6)21-16(17)9-10-19(31)34-21/h9-10,12,14-15H,7-8,11,13H2,1-6H3,(H2,31,34)(H,32,33,35)/t15-/m0/s1. The molecular formula is C27H34F3N7O4. The van der Waals surface area contributed by atoms with Gasteiger partial charge in [0.25, 0.3) is 0 Å². The number of carbonyl (C=O) groups excluding carboxylic acids is 2. The Bertz CT molecular complexity index is 1460. The van der Waals surface area contributed by atoms with Crippen LogP contribution in [-0.2, 0) is 15.7 Å². The molecule has 0 bridgehead atoms. The van der Waals surface area contributed by atoms with Crippen molar-refractivity contribution < 1.29 is 32.2 Å². The number of nitrogens with one attached hydrogen (secondary N) is 1. The topological polar surface area (TPSA) is 137 Å². The van der Waals surface area contributed by atoms with Gasteiger partial charge < -0.3 is 25.4 Å². The second-order valence-electron chi connectivity index (χ2n) is 11.9. The van der Waals surface area contributed by atoms with Crippen molar-refractivity contribution in [3.05, 3.63) is 30.1 Å². The fourth-order valence-electron chi connectivity index (χ4n) is 4.39. The highest BCUT2D eigenvalue weighted by atomic mass is 19.4. The van der Waals surface area contributed by atoms with Gasteiger partial charge in [0, 0.05) is 42.5 Å². The third-order valence-electron chi connectivity index (χ3n) is 6.02. The summed E-state index contributed by atoms with van der Waals surface area (Å²) in [6.45, 7) is 11.1. The van der Waals surface area contributed by atoms with Crippen LogP contribution in [0.3, 0.4) is 0 Å². The van der Waals surface area contributed by atoms with Crippen molar-refractivity contribution in [1.82, 2.24) is 24.4 Å². The van der Waals surface area contributed by atoms with E-state index in [1.807, 2.05) is 0 Å². The molecule has 222 valence electrons. The van der Waals surface area contributed by atoms with Gasteiger partial charge in [-0.25, -0.2) is 29.1 Å². The molecule has 1 atom stereocenters. The number of nitrogens with two attached hydrogens (primary N) is 1. The van der Waals surface area contributed by atoms with E-state index in [4.69, 9.17) is 15.2 Å². The van der Waals surface area contributed by atoms with Gasteiger partial charge in [-0.05, 0) is 66.5 Å². The number of halogens is 3. The molecule has 0 spiro atoms. The summed E-state index contributed by atoms with van der Waals surface area (Å²) in [5.41, 5.74) is 2.77. The zero-order valence-corrected chi connectivity index (χ0v) is 23.8. The summed E-state index contributed by atoms with van der Waals surface area (Å²) in [5.74, 6) is 0.00509. The van der Waals surface area contributed by atoms with Crippen molar-refractivity contribution in [1.29, 1.82) is 0 Å². The van der Waals surface area contributed by atoms with Crippen molar-refractivity contribution in [3.8, 4) is 11.3 Å². The summed E-state index contributed by atoms with van der Waals surface area (Å²) in [5, 5.41) is 3.28. The first-order valence-corrected chi connectivity index (χ1v) is 13.1. The van der Waals surface area contributed by atoms with E-state index >= 15 is 0 Å². The number of anilines is 2. The third-order valence-corrected chi connectivity index (χ3v) is 6.02. The Labute approximate surface area is 235 Å². The molecule has 0 saturated carbocycles. The van der Waals surface area contributed by atoms with Crippen molar-refractivity contribution >= 4 is 35.0 Å².